The van der Waals surface area contributed by atoms with Crippen LogP contribution in [0.4, 0.5) is 0 Å². The van der Waals surface area contributed by atoms with Crippen molar-refractivity contribution in [1.82, 2.24) is 0 Å². The predicted molar refractivity (Wildman–Crippen MR) is 110 cm³/mol. The minimum atomic E-state index is -0.794. The van der Waals surface area contributed by atoms with E-state index in [2.05, 4.69) is 6.08 Å². The van der Waals surface area contributed by atoms with Crippen LogP contribution in [0.15, 0.2) is 34.7 Å². The van der Waals surface area contributed by atoms with Gasteiger partial charge in [-0.05, 0) is 51.7 Å². The van der Waals surface area contributed by atoms with Crippen LogP contribution in [0.2, 0.25) is 0 Å². The van der Waals surface area contributed by atoms with E-state index in [0.717, 1.165) is 30.4 Å². The smallest absolute Gasteiger partial charge is 0.317 e. The van der Waals surface area contributed by atoms with E-state index in [1.165, 1.54) is 0 Å². The van der Waals surface area contributed by atoms with Gasteiger partial charge in [0, 0.05) is 29.7 Å². The van der Waals surface area contributed by atoms with Gasteiger partial charge in [0.25, 0.3) is 0 Å². The molecule has 0 radical (unpaired) electrons. The lowest BCUT2D eigenvalue weighted by atomic mass is 9.72. The van der Waals surface area contributed by atoms with Crippen LogP contribution in [0.1, 0.15) is 71.0 Å². The van der Waals surface area contributed by atoms with E-state index < -0.39 is 16.6 Å². The Balaban J connectivity index is 1.23. The summed E-state index contributed by atoms with van der Waals surface area (Å²) >= 11 is 0. The summed E-state index contributed by atoms with van der Waals surface area (Å²) < 4.78 is 22.9. The van der Waals surface area contributed by atoms with E-state index in [0.29, 0.717) is 0 Å². The molecule has 2 aliphatic carbocycles. The number of ether oxygens (including phenoxy) is 3. The lowest BCUT2D eigenvalue weighted by molar-refractivity contribution is -0.153. The van der Waals surface area contributed by atoms with Crippen molar-refractivity contribution in [2.24, 2.45) is 16.7 Å². The van der Waals surface area contributed by atoms with Crippen LogP contribution in [0, 0.1) is 16.7 Å². The molecule has 1 saturated carbocycles. The summed E-state index contributed by atoms with van der Waals surface area (Å²) in [6.07, 6.45) is 7.77. The average molecular weight is 440 g/mol. The maximum atomic E-state index is 13.3. The van der Waals surface area contributed by atoms with Crippen LogP contribution in [0.25, 0.3) is 0 Å². The topological polar surface area (TPSA) is 92.0 Å². The van der Waals surface area contributed by atoms with Crippen LogP contribution in [-0.2, 0) is 28.6 Å². The fourth-order valence-electron chi connectivity index (χ4n) is 7.31. The number of rotatable bonds is 5. The first kappa shape index (κ1) is 20.2. The molecule has 0 aromatic carbocycles. The largest absolute Gasteiger partial charge is 0.472 e. The fourth-order valence-corrected chi connectivity index (χ4v) is 7.31. The number of carbonyl (C=O) groups excluding carboxylic acids is 3. The summed E-state index contributed by atoms with van der Waals surface area (Å²) in [4.78, 5) is 38.3. The fraction of sp³-hybridized carbons (Fsp3) is 0.640. The monoisotopic (exact) mass is 440 g/mol. The molecule has 4 heterocycles. The normalized spacial score (nSPS) is 43.1. The van der Waals surface area contributed by atoms with Gasteiger partial charge in [-0.15, -0.1) is 0 Å². The second kappa shape index (κ2) is 6.13. The molecule has 6 rings (SSSR count). The highest BCUT2D eigenvalue weighted by molar-refractivity contribution is 5.93. The molecule has 7 heteroatoms. The van der Waals surface area contributed by atoms with Crippen LogP contribution >= 0.6 is 0 Å². The average Bonchev–Trinajstić information content (AvgIpc) is 2.96. The molecule has 1 aromatic heterocycles. The highest BCUT2D eigenvalue weighted by Gasteiger charge is 2.82. The van der Waals surface area contributed by atoms with Gasteiger partial charge in [0.1, 0.15) is 23.6 Å². The standard InChI is InChI=1S/C25H28O7/c1-22(2)17(23(3)18(31-22)11-19(27)32-23)10-16(26)9-15-5-4-7-24-13-25(15,24)21(28)30-20(24)14-6-8-29-12-14/h5-6,8,12,17-18,20H,4,7,9-11,13H2,1-3H3. The van der Waals surface area contributed by atoms with Gasteiger partial charge in [-0.3, -0.25) is 14.4 Å². The number of furan rings is 1. The number of carbonyl (C=O) groups is 3. The molecule has 0 spiro atoms. The third-order valence-corrected chi connectivity index (χ3v) is 8.88. The number of hydrogen-bond acceptors (Lipinski definition) is 7. The van der Waals surface area contributed by atoms with Gasteiger partial charge in [-0.25, -0.2) is 0 Å². The van der Waals surface area contributed by atoms with Gasteiger partial charge in [0.2, 0.25) is 0 Å². The number of esters is 2. The van der Waals surface area contributed by atoms with Crippen molar-refractivity contribution < 1.29 is 33.0 Å². The lowest BCUT2D eigenvalue weighted by Crippen LogP contribution is -2.43. The van der Waals surface area contributed by atoms with Crippen molar-refractivity contribution in [1.29, 1.82) is 0 Å². The number of allylic oxidation sites excluding steroid dienone is 1. The van der Waals surface area contributed by atoms with Crippen LogP contribution in [0.5, 0.6) is 0 Å². The number of ketones is 1. The Labute approximate surface area is 186 Å². The molecule has 6 unspecified atom stereocenters. The number of cyclic esters (lactones) is 1. The van der Waals surface area contributed by atoms with Crippen LogP contribution in [-0.4, -0.2) is 35.0 Å². The molecule has 0 bridgehead atoms. The van der Waals surface area contributed by atoms with Crippen molar-refractivity contribution in [3.05, 3.63) is 35.8 Å². The summed E-state index contributed by atoms with van der Waals surface area (Å²) in [5.41, 5.74) is -0.541. The Kier molecular flexibility index (Phi) is 3.87. The second-order valence-corrected chi connectivity index (χ2v) is 10.9. The SMILES string of the molecule is CC1(C)OC2CC(=O)OC2(C)C1CC(=O)CC1=CCCC23CC12C(=O)OC3c1ccoc1. The summed E-state index contributed by atoms with van der Waals surface area (Å²) in [7, 11) is 0. The Morgan fingerprint density at radius 3 is 2.78 bits per heavy atom. The molecule has 3 saturated heterocycles. The molecule has 32 heavy (non-hydrogen) atoms. The first-order valence-electron chi connectivity index (χ1n) is 11.5. The van der Waals surface area contributed by atoms with Gasteiger partial charge < -0.3 is 18.6 Å². The molecule has 0 amide bonds. The van der Waals surface area contributed by atoms with Gasteiger partial charge in [-0.2, -0.15) is 0 Å². The molecular weight excluding hydrogens is 412 g/mol. The van der Waals surface area contributed by atoms with Crippen molar-refractivity contribution >= 4 is 17.7 Å². The van der Waals surface area contributed by atoms with Gasteiger partial charge >= 0.3 is 11.9 Å². The van der Waals surface area contributed by atoms with Gasteiger partial charge in [-0.1, -0.05) is 6.08 Å². The minimum Gasteiger partial charge on any atom is -0.472 e. The zero-order valence-corrected chi connectivity index (χ0v) is 18.6. The highest BCUT2D eigenvalue weighted by atomic mass is 16.6. The Bertz CT molecular complexity index is 1050. The number of hydrogen-bond donors (Lipinski definition) is 0. The second-order valence-electron chi connectivity index (χ2n) is 10.9. The van der Waals surface area contributed by atoms with Gasteiger partial charge in [0.15, 0.2) is 0 Å². The summed E-state index contributed by atoms with van der Waals surface area (Å²) in [6, 6.07) is 1.85. The zero-order chi connectivity index (χ0) is 22.5. The number of Topliss-reactive ketones (excluding diaryl/α,β-unsaturated/α-hetero) is 1. The van der Waals surface area contributed by atoms with Crippen molar-refractivity contribution in [3.8, 4) is 0 Å². The van der Waals surface area contributed by atoms with Crippen LogP contribution < -0.4 is 0 Å². The molecule has 6 atom stereocenters. The van der Waals surface area contributed by atoms with Crippen LogP contribution in [0.3, 0.4) is 0 Å². The third-order valence-electron chi connectivity index (χ3n) is 8.88. The maximum Gasteiger partial charge on any atom is 0.317 e. The third kappa shape index (κ3) is 2.38. The van der Waals surface area contributed by atoms with Crippen molar-refractivity contribution in [2.45, 2.75) is 82.7 Å². The van der Waals surface area contributed by atoms with Crippen molar-refractivity contribution in [2.75, 3.05) is 0 Å². The van der Waals surface area contributed by atoms with E-state index in [1.54, 1.807) is 12.5 Å². The molecular formula is C25H28O7. The summed E-state index contributed by atoms with van der Waals surface area (Å²) in [5, 5.41) is 0. The zero-order valence-electron chi connectivity index (χ0n) is 18.6. The van der Waals surface area contributed by atoms with E-state index in [-0.39, 0.29) is 60.5 Å². The molecule has 0 N–H and O–H groups in total. The maximum absolute atomic E-state index is 13.3. The number of fused-ring (bicyclic) bond motifs is 1. The Morgan fingerprint density at radius 2 is 2.03 bits per heavy atom. The molecule has 3 aliphatic heterocycles. The first-order chi connectivity index (χ1) is 15.1. The summed E-state index contributed by atoms with van der Waals surface area (Å²) in [6.45, 7) is 5.79. The van der Waals surface area contributed by atoms with Crippen molar-refractivity contribution in [3.63, 3.8) is 0 Å². The molecule has 5 aliphatic rings. The molecule has 1 aromatic rings. The minimum absolute atomic E-state index is 0.0411. The molecule has 7 nitrogen and oxygen atoms in total. The van der Waals surface area contributed by atoms with E-state index in [4.69, 9.17) is 18.6 Å². The Hall–Kier alpha value is -2.41. The quantitative estimate of drug-likeness (QED) is 0.508. The molecule has 4 fully saturated rings. The lowest BCUT2D eigenvalue weighted by Gasteiger charge is -2.33. The Morgan fingerprint density at radius 1 is 1.22 bits per heavy atom. The van der Waals surface area contributed by atoms with Gasteiger partial charge in [0.05, 0.1) is 30.0 Å². The predicted octanol–water partition coefficient (Wildman–Crippen LogP) is 3.82. The van der Waals surface area contributed by atoms with E-state index >= 15 is 0 Å². The summed E-state index contributed by atoms with van der Waals surface area (Å²) in [5.74, 6) is -0.692. The highest BCUT2D eigenvalue weighted by Crippen LogP contribution is 2.82. The van der Waals surface area contributed by atoms with E-state index in [1.807, 2.05) is 26.8 Å². The first-order valence-corrected chi connectivity index (χ1v) is 11.5. The molecule has 170 valence electrons. The van der Waals surface area contributed by atoms with E-state index in [9.17, 15) is 14.4 Å².